The highest BCUT2D eigenvalue weighted by molar-refractivity contribution is 5.37. The largest absolute Gasteiger partial charge is 0.494 e. The number of nitrogens with one attached hydrogen (secondary N) is 1. The maximum atomic E-state index is 14.0. The van der Waals surface area contributed by atoms with Crippen LogP contribution in [0.3, 0.4) is 0 Å². The standard InChI is InChI=1S/C20H20F3N3O/c1-12(24-10-14-4-6-17(22)20(8-14)27-3)16-11-25-26(13(16)2)19-7-5-15(21)9-18(19)23/h4-9,11-12,24H,10H2,1-3H3. The van der Waals surface area contributed by atoms with Gasteiger partial charge in [-0.3, -0.25) is 0 Å². The Kier molecular flexibility index (Phi) is 5.51. The molecule has 4 nitrogen and oxygen atoms in total. The Labute approximate surface area is 155 Å². The smallest absolute Gasteiger partial charge is 0.165 e. The molecule has 1 N–H and O–H groups in total. The SMILES string of the molecule is COc1cc(CNC(C)c2cnn(-c3ccc(F)cc3F)c2C)ccc1F. The first-order chi connectivity index (χ1) is 12.9. The minimum atomic E-state index is -0.674. The van der Waals surface area contributed by atoms with Crippen molar-refractivity contribution in [1.82, 2.24) is 15.1 Å². The van der Waals surface area contributed by atoms with Gasteiger partial charge < -0.3 is 10.1 Å². The van der Waals surface area contributed by atoms with Crippen LogP contribution in [-0.2, 0) is 6.54 Å². The van der Waals surface area contributed by atoms with Crippen LogP contribution < -0.4 is 10.1 Å². The summed E-state index contributed by atoms with van der Waals surface area (Å²) in [5.74, 6) is -1.52. The number of aromatic nitrogens is 2. The van der Waals surface area contributed by atoms with Crippen molar-refractivity contribution >= 4 is 0 Å². The zero-order valence-corrected chi connectivity index (χ0v) is 15.3. The first kappa shape index (κ1) is 19.0. The fourth-order valence-corrected chi connectivity index (χ4v) is 2.94. The molecule has 2 aromatic carbocycles. The van der Waals surface area contributed by atoms with Gasteiger partial charge in [-0.05, 0) is 43.7 Å². The molecule has 0 spiro atoms. The van der Waals surface area contributed by atoms with E-state index in [2.05, 4.69) is 10.4 Å². The number of hydrogen-bond donors (Lipinski definition) is 1. The van der Waals surface area contributed by atoms with E-state index < -0.39 is 17.5 Å². The lowest BCUT2D eigenvalue weighted by molar-refractivity contribution is 0.385. The molecule has 0 saturated heterocycles. The summed E-state index contributed by atoms with van der Waals surface area (Å²) in [6, 6.07) is 7.99. The van der Waals surface area contributed by atoms with Crippen LogP contribution >= 0.6 is 0 Å². The van der Waals surface area contributed by atoms with E-state index in [1.165, 1.54) is 30.0 Å². The molecule has 1 atom stereocenters. The lowest BCUT2D eigenvalue weighted by Crippen LogP contribution is -2.18. The minimum absolute atomic E-state index is 0.0849. The van der Waals surface area contributed by atoms with E-state index in [4.69, 9.17) is 4.74 Å². The third-order valence-electron chi connectivity index (χ3n) is 4.48. The first-order valence-corrected chi connectivity index (χ1v) is 8.46. The van der Waals surface area contributed by atoms with Crippen molar-refractivity contribution in [2.75, 3.05) is 7.11 Å². The van der Waals surface area contributed by atoms with E-state index >= 15 is 0 Å². The Morgan fingerprint density at radius 1 is 1.11 bits per heavy atom. The van der Waals surface area contributed by atoms with E-state index in [1.54, 1.807) is 18.3 Å². The number of halogens is 3. The topological polar surface area (TPSA) is 39.1 Å². The molecule has 0 aliphatic carbocycles. The Morgan fingerprint density at radius 2 is 1.89 bits per heavy atom. The van der Waals surface area contributed by atoms with Gasteiger partial charge >= 0.3 is 0 Å². The third kappa shape index (κ3) is 3.98. The number of methoxy groups -OCH3 is 1. The van der Waals surface area contributed by atoms with Gasteiger partial charge in [-0.2, -0.15) is 5.10 Å². The normalized spacial score (nSPS) is 12.2. The van der Waals surface area contributed by atoms with E-state index in [-0.39, 0.29) is 17.5 Å². The second-order valence-corrected chi connectivity index (χ2v) is 6.26. The predicted octanol–water partition coefficient (Wildman–Crippen LogP) is 4.46. The summed E-state index contributed by atoms with van der Waals surface area (Å²) >= 11 is 0. The summed E-state index contributed by atoms with van der Waals surface area (Å²) < 4.78 is 47.1. The first-order valence-electron chi connectivity index (χ1n) is 8.46. The molecular weight excluding hydrogens is 355 g/mol. The maximum absolute atomic E-state index is 14.0. The Balaban J connectivity index is 1.76. The molecule has 7 heteroatoms. The van der Waals surface area contributed by atoms with Crippen LogP contribution in [0.25, 0.3) is 5.69 Å². The third-order valence-corrected chi connectivity index (χ3v) is 4.48. The minimum Gasteiger partial charge on any atom is -0.494 e. The molecule has 1 unspecified atom stereocenters. The summed E-state index contributed by atoms with van der Waals surface area (Å²) in [5.41, 5.74) is 2.69. The molecule has 27 heavy (non-hydrogen) atoms. The zero-order valence-electron chi connectivity index (χ0n) is 15.3. The van der Waals surface area contributed by atoms with Gasteiger partial charge in [0.15, 0.2) is 17.4 Å². The van der Waals surface area contributed by atoms with Gasteiger partial charge in [0.25, 0.3) is 0 Å². The van der Waals surface area contributed by atoms with E-state index in [9.17, 15) is 13.2 Å². The Bertz CT molecular complexity index is 956. The molecule has 0 amide bonds. The van der Waals surface area contributed by atoms with E-state index in [1.807, 2.05) is 13.8 Å². The van der Waals surface area contributed by atoms with Crippen LogP contribution in [0.1, 0.15) is 29.8 Å². The highest BCUT2D eigenvalue weighted by atomic mass is 19.1. The van der Waals surface area contributed by atoms with Gasteiger partial charge in [0, 0.05) is 29.9 Å². The lowest BCUT2D eigenvalue weighted by Gasteiger charge is -2.15. The van der Waals surface area contributed by atoms with Gasteiger partial charge in [-0.25, -0.2) is 17.9 Å². The highest BCUT2D eigenvalue weighted by Gasteiger charge is 2.16. The summed E-state index contributed by atoms with van der Waals surface area (Å²) in [7, 11) is 1.42. The van der Waals surface area contributed by atoms with Crippen molar-refractivity contribution in [2.45, 2.75) is 26.4 Å². The van der Waals surface area contributed by atoms with Crippen LogP contribution in [0.15, 0.2) is 42.6 Å². The molecule has 1 aromatic heterocycles. The molecular formula is C20H20F3N3O. The van der Waals surface area contributed by atoms with E-state index in [0.29, 0.717) is 6.54 Å². The molecule has 3 aromatic rings. The second-order valence-electron chi connectivity index (χ2n) is 6.26. The molecule has 0 aliphatic heterocycles. The van der Waals surface area contributed by atoms with Crippen molar-refractivity contribution in [3.05, 3.63) is 76.9 Å². The fraction of sp³-hybridized carbons (Fsp3) is 0.250. The Hall–Kier alpha value is -2.80. The predicted molar refractivity (Wildman–Crippen MR) is 96.4 cm³/mol. The van der Waals surface area contributed by atoms with Crippen molar-refractivity contribution in [3.63, 3.8) is 0 Å². The van der Waals surface area contributed by atoms with Crippen LogP contribution in [0.5, 0.6) is 5.75 Å². The van der Waals surface area contributed by atoms with Gasteiger partial charge in [-0.15, -0.1) is 0 Å². The van der Waals surface area contributed by atoms with Crippen LogP contribution in [0.4, 0.5) is 13.2 Å². The molecule has 0 radical (unpaired) electrons. The molecule has 0 bridgehead atoms. The lowest BCUT2D eigenvalue weighted by atomic mass is 10.1. The summed E-state index contributed by atoms with van der Waals surface area (Å²) in [6.07, 6.45) is 1.65. The van der Waals surface area contributed by atoms with Crippen molar-refractivity contribution in [2.24, 2.45) is 0 Å². The molecule has 142 valence electrons. The fourth-order valence-electron chi connectivity index (χ4n) is 2.94. The zero-order chi connectivity index (χ0) is 19.6. The van der Waals surface area contributed by atoms with Gasteiger partial charge in [0.05, 0.1) is 13.3 Å². The molecule has 0 saturated carbocycles. The highest BCUT2D eigenvalue weighted by Crippen LogP contribution is 2.23. The van der Waals surface area contributed by atoms with Crippen LogP contribution in [0.2, 0.25) is 0 Å². The summed E-state index contributed by atoms with van der Waals surface area (Å²) in [4.78, 5) is 0. The molecule has 0 aliphatic rings. The monoisotopic (exact) mass is 375 g/mol. The number of rotatable bonds is 6. The summed E-state index contributed by atoms with van der Waals surface area (Å²) in [6.45, 7) is 4.27. The molecule has 1 heterocycles. The van der Waals surface area contributed by atoms with Crippen molar-refractivity contribution < 1.29 is 17.9 Å². The van der Waals surface area contributed by atoms with Gasteiger partial charge in [0.2, 0.25) is 0 Å². The molecule has 3 rings (SSSR count). The van der Waals surface area contributed by atoms with Crippen LogP contribution in [0, 0.1) is 24.4 Å². The summed E-state index contributed by atoms with van der Waals surface area (Å²) in [5, 5.41) is 7.57. The van der Waals surface area contributed by atoms with Gasteiger partial charge in [-0.1, -0.05) is 6.07 Å². The number of ether oxygens (including phenoxy) is 1. The molecule has 0 fully saturated rings. The Morgan fingerprint density at radius 3 is 2.59 bits per heavy atom. The number of hydrogen-bond acceptors (Lipinski definition) is 3. The van der Waals surface area contributed by atoms with Crippen LogP contribution in [-0.4, -0.2) is 16.9 Å². The van der Waals surface area contributed by atoms with Crippen molar-refractivity contribution in [1.29, 1.82) is 0 Å². The van der Waals surface area contributed by atoms with Crippen molar-refractivity contribution in [3.8, 4) is 11.4 Å². The number of nitrogens with zero attached hydrogens (tertiary/aromatic N) is 2. The second kappa shape index (κ2) is 7.84. The maximum Gasteiger partial charge on any atom is 0.165 e. The quantitative estimate of drug-likeness (QED) is 0.692. The van der Waals surface area contributed by atoms with E-state index in [0.717, 1.165) is 22.9 Å². The number of benzene rings is 2. The van der Waals surface area contributed by atoms with Gasteiger partial charge in [0.1, 0.15) is 11.5 Å². The average molecular weight is 375 g/mol. The average Bonchev–Trinajstić information content (AvgIpc) is 3.02.